The van der Waals surface area contributed by atoms with Crippen molar-refractivity contribution in [3.05, 3.63) is 22.5 Å². The van der Waals surface area contributed by atoms with Gasteiger partial charge in [-0.05, 0) is 13.8 Å². The number of hydrogen-bond acceptors (Lipinski definition) is 4. The van der Waals surface area contributed by atoms with Crippen molar-refractivity contribution in [1.82, 2.24) is 0 Å². The monoisotopic (exact) mass is 264 g/mol. The number of thiol groups is 2. The number of aliphatic carboxylic acids is 2. The van der Waals surface area contributed by atoms with E-state index in [0.29, 0.717) is 0 Å². The van der Waals surface area contributed by atoms with Gasteiger partial charge in [-0.1, -0.05) is 11.4 Å². The molecule has 4 nitrogen and oxygen atoms in total. The summed E-state index contributed by atoms with van der Waals surface area (Å²) in [7, 11) is 0. The molecule has 0 aromatic rings. The van der Waals surface area contributed by atoms with E-state index in [4.69, 9.17) is 10.2 Å². The summed E-state index contributed by atoms with van der Waals surface area (Å²) in [6, 6.07) is 0. The Labute approximate surface area is 98.8 Å². The second-order valence-electron chi connectivity index (χ2n) is 3.05. The molecule has 0 aliphatic rings. The zero-order valence-electron chi connectivity index (χ0n) is 8.26. The van der Waals surface area contributed by atoms with Gasteiger partial charge in [-0.15, -0.1) is 0 Å². The molecule has 0 radical (unpaired) electrons. The van der Waals surface area contributed by atoms with E-state index in [1.54, 1.807) is 0 Å². The molecule has 0 aliphatic heterocycles. The molecule has 0 amide bonds. The number of rotatable bonds is 4. The number of carboxylic acid groups (broad SMARTS) is 2. The Bertz CT molecular complexity index is 315. The Morgan fingerprint density at radius 3 is 1.47 bits per heavy atom. The summed E-state index contributed by atoms with van der Waals surface area (Å²) in [5.74, 6) is -2.12. The number of carboxylic acids is 2. The molecule has 15 heavy (non-hydrogen) atoms. The van der Waals surface area contributed by atoms with Crippen LogP contribution in [0, 0.1) is 0 Å². The van der Waals surface area contributed by atoms with Crippen molar-refractivity contribution in [2.24, 2.45) is 0 Å². The molecular formula is C8H12O4S2Si. The van der Waals surface area contributed by atoms with Crippen molar-refractivity contribution in [1.29, 1.82) is 0 Å². The molecule has 0 aromatic heterocycles. The van der Waals surface area contributed by atoms with Gasteiger partial charge in [-0.3, -0.25) is 0 Å². The molecule has 0 bridgehead atoms. The van der Waals surface area contributed by atoms with Gasteiger partial charge >= 0.3 is 11.9 Å². The van der Waals surface area contributed by atoms with Gasteiger partial charge < -0.3 is 10.2 Å². The zero-order chi connectivity index (χ0) is 12.2. The van der Waals surface area contributed by atoms with Crippen LogP contribution in [-0.2, 0) is 9.59 Å². The molecule has 2 N–H and O–H groups in total. The average molecular weight is 264 g/mol. The Morgan fingerprint density at radius 1 is 1.00 bits per heavy atom. The summed E-state index contributed by atoms with van der Waals surface area (Å²) in [6.45, 7) is 2.83. The Hall–Kier alpha value is -0.663. The maximum absolute atomic E-state index is 10.5. The second-order valence-corrected chi connectivity index (χ2v) is 10.7. The minimum absolute atomic E-state index is 0.112. The van der Waals surface area contributed by atoms with E-state index in [-0.39, 0.29) is 11.1 Å². The van der Waals surface area contributed by atoms with E-state index in [2.05, 4.69) is 24.2 Å². The van der Waals surface area contributed by atoms with Crippen LogP contribution in [0.5, 0.6) is 0 Å². The highest BCUT2D eigenvalue weighted by Gasteiger charge is 2.21. The Kier molecular flexibility index (Phi) is 5.19. The third-order valence-electron chi connectivity index (χ3n) is 1.53. The highest BCUT2D eigenvalue weighted by atomic mass is 32.5. The van der Waals surface area contributed by atoms with E-state index < -0.39 is 18.3 Å². The fourth-order valence-electron chi connectivity index (χ4n) is 0.802. The van der Waals surface area contributed by atoms with Gasteiger partial charge in [-0.25, -0.2) is 9.59 Å². The Balaban J connectivity index is 5.01. The van der Waals surface area contributed by atoms with E-state index in [1.807, 2.05) is 0 Å². The largest absolute Gasteiger partial charge is 0.478 e. The van der Waals surface area contributed by atoms with Crippen molar-refractivity contribution in [2.75, 3.05) is 0 Å². The van der Waals surface area contributed by atoms with Crippen LogP contribution in [0.2, 0.25) is 0 Å². The maximum atomic E-state index is 10.5. The van der Waals surface area contributed by atoms with Gasteiger partial charge in [0.2, 0.25) is 6.37 Å². The normalized spacial score (nSPS) is 13.9. The minimum Gasteiger partial charge on any atom is -0.478 e. The number of hydrogen-bond donors (Lipinski definition) is 4. The second kappa shape index (κ2) is 5.43. The summed E-state index contributed by atoms with van der Waals surface area (Å²) in [4.78, 5) is 21.1. The summed E-state index contributed by atoms with van der Waals surface area (Å²) in [5, 5.41) is 17.3. The highest BCUT2D eigenvalue weighted by molar-refractivity contribution is 8.46. The zero-order valence-corrected chi connectivity index (χ0v) is 11.0. The molecule has 0 atom stereocenters. The van der Waals surface area contributed by atoms with E-state index >= 15 is 0 Å². The van der Waals surface area contributed by atoms with Crippen LogP contribution in [-0.4, -0.2) is 28.5 Å². The first kappa shape index (κ1) is 14.3. The molecule has 0 unspecified atom stereocenters. The van der Waals surface area contributed by atoms with Gasteiger partial charge in [0.25, 0.3) is 0 Å². The predicted molar refractivity (Wildman–Crippen MR) is 66.5 cm³/mol. The standard InChI is InChI=1S/C8H12O4S2Si/c1-5(7(9)10)3-15(13,14)4-6(2)8(11)12/h3-4,13-14H,1-2H3,(H,9,10)(H,11,12). The van der Waals surface area contributed by atoms with Crippen molar-refractivity contribution in [3.63, 3.8) is 0 Å². The molecule has 0 fully saturated rings. The van der Waals surface area contributed by atoms with Crippen LogP contribution in [0.4, 0.5) is 0 Å². The SMILES string of the molecule is CC(=C[Si](S)(S)C=C(C)C(=O)O)C(=O)O. The van der Waals surface area contributed by atoms with Gasteiger partial charge in [0.15, 0.2) is 0 Å². The van der Waals surface area contributed by atoms with Crippen LogP contribution in [0.3, 0.4) is 0 Å². The third kappa shape index (κ3) is 5.70. The van der Waals surface area contributed by atoms with Gasteiger partial charge in [0.05, 0.1) is 0 Å². The molecule has 0 saturated carbocycles. The fourth-order valence-corrected chi connectivity index (χ4v) is 4.73. The van der Waals surface area contributed by atoms with Crippen molar-refractivity contribution in [3.8, 4) is 0 Å². The molecule has 84 valence electrons. The molecule has 0 aliphatic carbocycles. The van der Waals surface area contributed by atoms with E-state index in [1.165, 1.54) is 25.2 Å². The Morgan fingerprint density at radius 2 is 1.27 bits per heavy atom. The number of carbonyl (C=O) groups is 2. The van der Waals surface area contributed by atoms with Gasteiger partial charge in [0.1, 0.15) is 0 Å². The quantitative estimate of drug-likeness (QED) is 0.352. The van der Waals surface area contributed by atoms with E-state index in [9.17, 15) is 9.59 Å². The lowest BCUT2D eigenvalue weighted by molar-refractivity contribution is -0.133. The first-order chi connectivity index (χ1) is 6.65. The van der Waals surface area contributed by atoms with Crippen molar-refractivity contribution in [2.45, 2.75) is 13.8 Å². The summed E-state index contributed by atoms with van der Waals surface area (Å²) < 4.78 is 0. The lowest BCUT2D eigenvalue weighted by Gasteiger charge is -2.11. The first-order valence-electron chi connectivity index (χ1n) is 3.96. The lowest BCUT2D eigenvalue weighted by Crippen LogP contribution is -2.18. The summed E-state index contributed by atoms with van der Waals surface area (Å²) in [5.41, 5.74) is 3.02. The van der Waals surface area contributed by atoms with Crippen LogP contribution in [0.1, 0.15) is 13.8 Å². The molecule has 0 saturated heterocycles. The maximum Gasteiger partial charge on any atom is 0.330 e. The topological polar surface area (TPSA) is 74.6 Å². The van der Waals surface area contributed by atoms with Gasteiger partial charge in [-0.2, -0.15) is 24.2 Å². The summed E-state index contributed by atoms with van der Waals surface area (Å²) in [6.07, 6.45) is -2.65. The predicted octanol–water partition coefficient (Wildman–Crippen LogP) is 1.43. The molecule has 0 aromatic carbocycles. The van der Waals surface area contributed by atoms with Crippen LogP contribution < -0.4 is 0 Å². The smallest absolute Gasteiger partial charge is 0.330 e. The van der Waals surface area contributed by atoms with Crippen LogP contribution >= 0.6 is 24.2 Å². The molecule has 0 heterocycles. The van der Waals surface area contributed by atoms with E-state index in [0.717, 1.165) is 0 Å². The summed E-state index contributed by atoms with van der Waals surface area (Å²) >= 11 is 8.36. The fraction of sp³-hybridized carbons (Fsp3) is 0.250. The third-order valence-corrected chi connectivity index (χ3v) is 4.80. The molecule has 7 heteroatoms. The van der Waals surface area contributed by atoms with Crippen molar-refractivity contribution >= 4 is 42.5 Å². The van der Waals surface area contributed by atoms with Gasteiger partial charge in [0, 0.05) is 11.1 Å². The first-order valence-corrected chi connectivity index (χ1v) is 8.69. The molecular weight excluding hydrogens is 252 g/mol. The lowest BCUT2D eigenvalue weighted by atomic mass is 10.4. The average Bonchev–Trinajstić information content (AvgIpc) is 2.01. The highest BCUT2D eigenvalue weighted by Crippen LogP contribution is 2.20. The minimum atomic E-state index is -2.65. The molecule has 0 rings (SSSR count). The molecule has 0 spiro atoms. The van der Waals surface area contributed by atoms with Crippen LogP contribution in [0.15, 0.2) is 22.5 Å². The van der Waals surface area contributed by atoms with Crippen molar-refractivity contribution < 1.29 is 19.8 Å². The van der Waals surface area contributed by atoms with Crippen LogP contribution in [0.25, 0.3) is 0 Å².